The molecule has 0 atom stereocenters. The maximum Gasteiger partial charge on any atom is 0.196 e. The van der Waals surface area contributed by atoms with Crippen molar-refractivity contribution in [1.29, 1.82) is 0 Å². The molecule has 0 spiro atoms. The van der Waals surface area contributed by atoms with Crippen molar-refractivity contribution in [1.82, 2.24) is 14.8 Å². The van der Waals surface area contributed by atoms with Gasteiger partial charge in [0, 0.05) is 10.6 Å². The van der Waals surface area contributed by atoms with Crippen LogP contribution in [-0.2, 0) is 12.8 Å². The summed E-state index contributed by atoms with van der Waals surface area (Å²) < 4.78 is 1.84. The molecule has 6 heteroatoms. The highest BCUT2D eigenvalue weighted by atomic mass is 35.5. The Hall–Kier alpha value is -2.11. The summed E-state index contributed by atoms with van der Waals surface area (Å²) in [6.45, 7) is 0. The Labute approximate surface area is 161 Å². The number of fused-ring (bicyclic) bond motifs is 1. The van der Waals surface area contributed by atoms with E-state index in [0.717, 1.165) is 24.1 Å². The lowest BCUT2D eigenvalue weighted by Crippen LogP contribution is -2.08. The van der Waals surface area contributed by atoms with Gasteiger partial charge in [0.1, 0.15) is 6.33 Å². The van der Waals surface area contributed by atoms with Gasteiger partial charge in [-0.2, -0.15) is 0 Å². The number of carbonyl (C=O) groups is 1. The minimum atomic E-state index is 0.115. The zero-order chi connectivity index (χ0) is 17.9. The van der Waals surface area contributed by atoms with Crippen molar-refractivity contribution in [2.75, 3.05) is 5.75 Å². The van der Waals surface area contributed by atoms with Gasteiger partial charge in [-0.25, -0.2) is 0 Å². The van der Waals surface area contributed by atoms with Crippen LogP contribution < -0.4 is 0 Å². The topological polar surface area (TPSA) is 47.8 Å². The fourth-order valence-electron chi connectivity index (χ4n) is 3.25. The summed E-state index contributed by atoms with van der Waals surface area (Å²) >= 11 is 7.46. The zero-order valence-electron chi connectivity index (χ0n) is 14.2. The van der Waals surface area contributed by atoms with Crippen molar-refractivity contribution >= 4 is 29.1 Å². The lowest BCUT2D eigenvalue weighted by Gasteiger charge is -2.16. The first kappa shape index (κ1) is 17.3. The van der Waals surface area contributed by atoms with Crippen LogP contribution in [0.1, 0.15) is 34.3 Å². The molecule has 26 heavy (non-hydrogen) atoms. The maximum absolute atomic E-state index is 12.6. The molecule has 0 fully saturated rings. The number of halogens is 1. The lowest BCUT2D eigenvalue weighted by atomic mass is 9.90. The van der Waals surface area contributed by atoms with E-state index in [1.54, 1.807) is 6.33 Å². The smallest absolute Gasteiger partial charge is 0.196 e. The number of hydrogen-bond acceptors (Lipinski definition) is 4. The summed E-state index contributed by atoms with van der Waals surface area (Å²) in [5.74, 6) is 0.446. The number of Topliss-reactive ketones (excluding diaryl/α,β-unsaturated/α-hetero) is 1. The predicted octanol–water partition coefficient (Wildman–Crippen LogP) is 4.77. The quantitative estimate of drug-likeness (QED) is 0.470. The number of thioether (sulfide) groups is 1. The molecule has 0 N–H and O–H groups in total. The number of nitrogens with zero attached hydrogens (tertiary/aromatic N) is 3. The lowest BCUT2D eigenvalue weighted by molar-refractivity contribution is 0.102. The Kier molecular flexibility index (Phi) is 5.09. The summed E-state index contributed by atoms with van der Waals surface area (Å²) in [6.07, 6.45) is 6.29. The highest BCUT2D eigenvalue weighted by Gasteiger charge is 2.15. The van der Waals surface area contributed by atoms with Crippen molar-refractivity contribution in [2.24, 2.45) is 0 Å². The van der Waals surface area contributed by atoms with E-state index < -0.39 is 0 Å². The number of ketones is 1. The molecule has 2 aromatic carbocycles. The van der Waals surface area contributed by atoms with Crippen molar-refractivity contribution < 1.29 is 4.79 Å². The first-order valence-electron chi connectivity index (χ1n) is 8.64. The van der Waals surface area contributed by atoms with Gasteiger partial charge in [-0.1, -0.05) is 41.6 Å². The molecular weight excluding hydrogens is 366 g/mol. The molecule has 0 unspecified atom stereocenters. The Bertz CT molecular complexity index is 954. The fourth-order valence-corrected chi connectivity index (χ4v) is 4.25. The Morgan fingerprint density at radius 1 is 1.12 bits per heavy atom. The van der Waals surface area contributed by atoms with Gasteiger partial charge in [-0.05, 0) is 61.1 Å². The van der Waals surface area contributed by atoms with Crippen LogP contribution in [0.5, 0.6) is 0 Å². The highest BCUT2D eigenvalue weighted by Crippen LogP contribution is 2.25. The second-order valence-electron chi connectivity index (χ2n) is 6.37. The largest absolute Gasteiger partial charge is 0.293 e. The maximum atomic E-state index is 12.6. The monoisotopic (exact) mass is 383 g/mol. The van der Waals surface area contributed by atoms with Crippen molar-refractivity contribution in [3.63, 3.8) is 0 Å². The first-order valence-corrected chi connectivity index (χ1v) is 10.0. The molecular formula is C20H18ClN3OS. The number of aryl methyl sites for hydroxylation is 2. The molecule has 4 nitrogen and oxygen atoms in total. The molecule has 0 saturated heterocycles. The van der Waals surface area contributed by atoms with E-state index in [9.17, 15) is 4.79 Å². The van der Waals surface area contributed by atoms with Crippen LogP contribution in [0.3, 0.4) is 0 Å². The van der Waals surface area contributed by atoms with Crippen molar-refractivity contribution in [2.45, 2.75) is 30.8 Å². The molecule has 3 aromatic rings. The predicted molar refractivity (Wildman–Crippen MR) is 105 cm³/mol. The van der Waals surface area contributed by atoms with Gasteiger partial charge >= 0.3 is 0 Å². The number of carbonyl (C=O) groups excluding carboxylic acids is 1. The summed E-state index contributed by atoms with van der Waals surface area (Å²) in [5, 5.41) is 9.44. The van der Waals surface area contributed by atoms with Crippen LogP contribution in [0.25, 0.3) is 5.69 Å². The Balaban J connectivity index is 1.48. The SMILES string of the molecule is O=C(CSc1nncn1-c1cccc(Cl)c1)c1ccc2c(c1)CCCC2. The van der Waals surface area contributed by atoms with Crippen LogP contribution >= 0.6 is 23.4 Å². The van der Waals surface area contributed by atoms with Gasteiger partial charge in [0.25, 0.3) is 0 Å². The molecule has 0 bridgehead atoms. The van der Waals surface area contributed by atoms with Crippen LogP contribution in [0, 0.1) is 0 Å². The minimum Gasteiger partial charge on any atom is -0.293 e. The second-order valence-corrected chi connectivity index (χ2v) is 7.74. The van der Waals surface area contributed by atoms with Gasteiger partial charge in [-0.15, -0.1) is 10.2 Å². The first-order chi connectivity index (χ1) is 12.7. The summed E-state index contributed by atoms with van der Waals surface area (Å²) in [6, 6.07) is 13.6. The summed E-state index contributed by atoms with van der Waals surface area (Å²) in [5.41, 5.74) is 4.38. The van der Waals surface area contributed by atoms with Crippen molar-refractivity contribution in [3.05, 3.63) is 70.5 Å². The average molecular weight is 384 g/mol. The van der Waals surface area contributed by atoms with E-state index >= 15 is 0 Å². The van der Waals surface area contributed by atoms with E-state index in [-0.39, 0.29) is 5.78 Å². The molecule has 1 aromatic heterocycles. The molecule has 1 aliphatic rings. The van der Waals surface area contributed by atoms with E-state index in [2.05, 4.69) is 22.3 Å². The van der Waals surface area contributed by atoms with E-state index in [4.69, 9.17) is 11.6 Å². The third-order valence-corrected chi connectivity index (χ3v) is 5.78. The van der Waals surface area contributed by atoms with Gasteiger partial charge in [0.2, 0.25) is 0 Å². The Morgan fingerprint density at radius 2 is 1.96 bits per heavy atom. The van der Waals surface area contributed by atoms with Gasteiger partial charge < -0.3 is 0 Å². The molecule has 0 aliphatic heterocycles. The molecule has 1 heterocycles. The molecule has 1 aliphatic carbocycles. The molecule has 0 amide bonds. The number of aromatic nitrogens is 3. The average Bonchev–Trinajstić information content (AvgIpc) is 3.14. The minimum absolute atomic E-state index is 0.115. The summed E-state index contributed by atoms with van der Waals surface area (Å²) in [7, 11) is 0. The fraction of sp³-hybridized carbons (Fsp3) is 0.250. The number of hydrogen-bond donors (Lipinski definition) is 0. The third-order valence-electron chi connectivity index (χ3n) is 4.61. The second kappa shape index (κ2) is 7.64. The van der Waals surface area contributed by atoms with Crippen LogP contribution in [0.2, 0.25) is 5.02 Å². The molecule has 4 rings (SSSR count). The van der Waals surface area contributed by atoms with Crippen LogP contribution in [0.4, 0.5) is 0 Å². The molecule has 132 valence electrons. The van der Waals surface area contributed by atoms with Gasteiger partial charge in [0.05, 0.1) is 11.4 Å². The number of rotatable bonds is 5. The van der Waals surface area contributed by atoms with Crippen molar-refractivity contribution in [3.8, 4) is 5.69 Å². The molecule has 0 radical (unpaired) electrons. The van der Waals surface area contributed by atoms with Crippen LogP contribution in [-0.4, -0.2) is 26.3 Å². The van der Waals surface area contributed by atoms with E-state index in [0.29, 0.717) is 15.9 Å². The zero-order valence-corrected chi connectivity index (χ0v) is 15.8. The van der Waals surface area contributed by atoms with E-state index in [1.807, 2.05) is 34.9 Å². The van der Waals surface area contributed by atoms with Gasteiger partial charge in [0.15, 0.2) is 10.9 Å². The standard InChI is InChI=1S/C20H18ClN3OS/c21-17-6-3-7-18(11-17)24-13-22-23-20(24)26-12-19(25)16-9-8-14-4-1-2-5-15(14)10-16/h3,6-11,13H,1-2,4-5,12H2. The third kappa shape index (κ3) is 3.69. The normalized spacial score (nSPS) is 13.4. The molecule has 0 saturated carbocycles. The van der Waals surface area contributed by atoms with E-state index in [1.165, 1.54) is 35.7 Å². The van der Waals surface area contributed by atoms with Crippen LogP contribution in [0.15, 0.2) is 53.9 Å². The highest BCUT2D eigenvalue weighted by molar-refractivity contribution is 7.99. The summed E-state index contributed by atoms with van der Waals surface area (Å²) in [4.78, 5) is 12.6. The Morgan fingerprint density at radius 3 is 2.81 bits per heavy atom. The van der Waals surface area contributed by atoms with Gasteiger partial charge in [-0.3, -0.25) is 9.36 Å². The number of benzene rings is 2.